The van der Waals surface area contributed by atoms with Gasteiger partial charge in [-0.05, 0) is 25.7 Å². The van der Waals surface area contributed by atoms with Crippen LogP contribution in [0.25, 0.3) is 0 Å². The van der Waals surface area contributed by atoms with Crippen molar-refractivity contribution in [2.75, 3.05) is 27.2 Å². The predicted octanol–water partition coefficient (Wildman–Crippen LogP) is 0.504. The van der Waals surface area contributed by atoms with Gasteiger partial charge in [0.15, 0.2) is 0 Å². The van der Waals surface area contributed by atoms with Crippen molar-refractivity contribution in [2.45, 2.75) is 38.1 Å². The van der Waals surface area contributed by atoms with E-state index in [4.69, 9.17) is 5.11 Å². The van der Waals surface area contributed by atoms with Crippen LogP contribution in [0.1, 0.15) is 32.1 Å². The van der Waals surface area contributed by atoms with E-state index in [0.29, 0.717) is 13.0 Å². The number of amides is 3. The van der Waals surface area contributed by atoms with Crippen LogP contribution in [-0.4, -0.2) is 66.0 Å². The van der Waals surface area contributed by atoms with E-state index < -0.39 is 5.97 Å². The molecular formula is C13H23N3O4. The molecule has 7 heteroatoms. The molecule has 3 amide bonds. The number of likely N-dealkylation sites (tertiary alicyclic amines) is 1. The number of rotatable bonds is 5. The third-order valence-electron chi connectivity index (χ3n) is 3.47. The van der Waals surface area contributed by atoms with Crippen LogP contribution in [-0.2, 0) is 9.59 Å². The minimum Gasteiger partial charge on any atom is -0.481 e. The lowest BCUT2D eigenvalue weighted by Crippen LogP contribution is -2.50. The van der Waals surface area contributed by atoms with E-state index in [2.05, 4.69) is 5.32 Å². The van der Waals surface area contributed by atoms with Gasteiger partial charge in [0.25, 0.3) is 0 Å². The molecule has 0 spiro atoms. The minimum atomic E-state index is -0.848. The van der Waals surface area contributed by atoms with Crippen LogP contribution < -0.4 is 5.32 Å². The van der Waals surface area contributed by atoms with Crippen molar-refractivity contribution >= 4 is 17.9 Å². The number of carbonyl (C=O) groups is 3. The maximum Gasteiger partial charge on any atom is 0.318 e. The number of carbonyl (C=O) groups excluding carboxylic acids is 2. The molecular weight excluding hydrogens is 262 g/mol. The molecule has 1 rings (SSSR count). The summed E-state index contributed by atoms with van der Waals surface area (Å²) in [5.41, 5.74) is 0. The fourth-order valence-corrected chi connectivity index (χ4v) is 2.27. The molecule has 0 aromatic carbocycles. The van der Waals surface area contributed by atoms with Gasteiger partial charge < -0.3 is 20.2 Å². The van der Waals surface area contributed by atoms with Gasteiger partial charge in [-0.1, -0.05) is 0 Å². The molecule has 0 aromatic rings. The van der Waals surface area contributed by atoms with Crippen molar-refractivity contribution in [2.24, 2.45) is 0 Å². The minimum absolute atomic E-state index is 0.0337. The summed E-state index contributed by atoms with van der Waals surface area (Å²) in [6.07, 6.45) is 3.26. The lowest BCUT2D eigenvalue weighted by atomic mass is 9.98. The Labute approximate surface area is 118 Å². The number of nitrogens with zero attached hydrogens (tertiary/aromatic N) is 2. The molecule has 7 nitrogen and oxygen atoms in total. The van der Waals surface area contributed by atoms with E-state index in [-0.39, 0.29) is 30.9 Å². The number of hydrogen-bond donors (Lipinski definition) is 2. The number of carboxylic acid groups (broad SMARTS) is 1. The first-order chi connectivity index (χ1) is 9.41. The maximum atomic E-state index is 12.1. The highest BCUT2D eigenvalue weighted by Gasteiger charge is 2.27. The van der Waals surface area contributed by atoms with Crippen molar-refractivity contribution in [1.29, 1.82) is 0 Å². The van der Waals surface area contributed by atoms with Crippen LogP contribution in [0.15, 0.2) is 0 Å². The molecule has 20 heavy (non-hydrogen) atoms. The molecule has 0 aliphatic carbocycles. The summed E-state index contributed by atoms with van der Waals surface area (Å²) in [6.45, 7) is 0.584. The van der Waals surface area contributed by atoms with Crippen LogP contribution in [0.2, 0.25) is 0 Å². The molecule has 0 aromatic heterocycles. The van der Waals surface area contributed by atoms with E-state index in [0.717, 1.165) is 19.3 Å². The monoisotopic (exact) mass is 285 g/mol. The normalized spacial score (nSPS) is 18.5. The average molecular weight is 285 g/mol. The predicted molar refractivity (Wildman–Crippen MR) is 73.3 cm³/mol. The third-order valence-corrected chi connectivity index (χ3v) is 3.47. The summed E-state index contributed by atoms with van der Waals surface area (Å²) in [5.74, 6) is -1.02. The van der Waals surface area contributed by atoms with Gasteiger partial charge >= 0.3 is 12.0 Å². The van der Waals surface area contributed by atoms with Crippen molar-refractivity contribution in [3.8, 4) is 0 Å². The molecule has 1 atom stereocenters. The molecule has 1 heterocycles. The van der Waals surface area contributed by atoms with Gasteiger partial charge in [0.1, 0.15) is 0 Å². The summed E-state index contributed by atoms with van der Waals surface area (Å²) in [7, 11) is 3.26. The van der Waals surface area contributed by atoms with E-state index >= 15 is 0 Å². The van der Waals surface area contributed by atoms with Gasteiger partial charge in [0.05, 0.1) is 6.54 Å². The highest BCUT2D eigenvalue weighted by Crippen LogP contribution is 2.20. The van der Waals surface area contributed by atoms with Gasteiger partial charge in [-0.3, -0.25) is 9.59 Å². The molecule has 1 aliphatic heterocycles. The summed E-state index contributed by atoms with van der Waals surface area (Å²) < 4.78 is 0. The SMILES string of the molecule is CN(C)C(=O)CNC(=O)N1CCCCC1CCC(=O)O. The molecule has 0 radical (unpaired) electrons. The molecule has 2 N–H and O–H groups in total. The zero-order valence-electron chi connectivity index (χ0n) is 12.1. The van der Waals surface area contributed by atoms with Crippen molar-refractivity contribution < 1.29 is 19.5 Å². The van der Waals surface area contributed by atoms with Gasteiger partial charge in [-0.2, -0.15) is 0 Å². The Hall–Kier alpha value is -1.79. The Morgan fingerprint density at radius 1 is 1.30 bits per heavy atom. The lowest BCUT2D eigenvalue weighted by Gasteiger charge is -2.35. The van der Waals surface area contributed by atoms with Crippen LogP contribution in [0.5, 0.6) is 0 Å². The van der Waals surface area contributed by atoms with Crippen molar-refractivity contribution in [3.63, 3.8) is 0 Å². The van der Waals surface area contributed by atoms with E-state index in [1.54, 1.807) is 19.0 Å². The second-order valence-corrected chi connectivity index (χ2v) is 5.22. The summed E-state index contributed by atoms with van der Waals surface area (Å²) in [4.78, 5) is 37.2. The smallest absolute Gasteiger partial charge is 0.318 e. The lowest BCUT2D eigenvalue weighted by molar-refractivity contribution is -0.137. The highest BCUT2D eigenvalue weighted by atomic mass is 16.4. The summed E-state index contributed by atoms with van der Waals surface area (Å²) in [6, 6.07) is -0.329. The van der Waals surface area contributed by atoms with Gasteiger partial charge in [-0.25, -0.2) is 4.79 Å². The van der Waals surface area contributed by atoms with Crippen LogP contribution >= 0.6 is 0 Å². The Kier molecular flexibility index (Phi) is 6.27. The number of urea groups is 1. The summed E-state index contributed by atoms with van der Waals surface area (Å²) >= 11 is 0. The standard InChI is InChI=1S/C13H23N3O4/c1-15(2)11(17)9-14-13(20)16-8-4-3-5-10(16)6-7-12(18)19/h10H,3-9H2,1-2H3,(H,14,20)(H,18,19). The zero-order chi connectivity index (χ0) is 15.1. The molecule has 0 saturated carbocycles. The highest BCUT2D eigenvalue weighted by molar-refractivity contribution is 5.83. The third kappa shape index (κ3) is 5.07. The molecule has 1 aliphatic rings. The Morgan fingerprint density at radius 3 is 2.60 bits per heavy atom. The average Bonchev–Trinajstić information content (AvgIpc) is 2.42. The topological polar surface area (TPSA) is 90.0 Å². The number of aliphatic carboxylic acids is 1. The molecule has 1 saturated heterocycles. The van der Waals surface area contributed by atoms with Crippen molar-refractivity contribution in [1.82, 2.24) is 15.1 Å². The van der Waals surface area contributed by atoms with Crippen LogP contribution in [0.3, 0.4) is 0 Å². The van der Waals surface area contributed by atoms with E-state index in [9.17, 15) is 14.4 Å². The Morgan fingerprint density at radius 2 is 2.00 bits per heavy atom. The first kappa shape index (κ1) is 16.3. The fraction of sp³-hybridized carbons (Fsp3) is 0.769. The molecule has 1 fully saturated rings. The molecule has 114 valence electrons. The van der Waals surface area contributed by atoms with Gasteiger partial charge in [-0.15, -0.1) is 0 Å². The van der Waals surface area contributed by atoms with E-state index in [1.807, 2.05) is 0 Å². The van der Waals surface area contributed by atoms with Gasteiger partial charge in [0.2, 0.25) is 5.91 Å². The first-order valence-corrected chi connectivity index (χ1v) is 6.88. The number of likely N-dealkylation sites (N-methyl/N-ethyl adjacent to an activating group) is 1. The Bertz CT molecular complexity index is 371. The maximum absolute atomic E-state index is 12.1. The number of carboxylic acids is 1. The zero-order valence-corrected chi connectivity index (χ0v) is 12.1. The number of piperidine rings is 1. The van der Waals surface area contributed by atoms with E-state index in [1.165, 1.54) is 4.90 Å². The summed E-state index contributed by atoms with van der Waals surface area (Å²) in [5, 5.41) is 11.3. The largest absolute Gasteiger partial charge is 0.481 e. The molecule has 1 unspecified atom stereocenters. The second kappa shape index (κ2) is 7.72. The van der Waals surface area contributed by atoms with Crippen molar-refractivity contribution in [3.05, 3.63) is 0 Å². The Balaban J connectivity index is 2.49. The van der Waals surface area contributed by atoms with Crippen LogP contribution in [0.4, 0.5) is 4.79 Å². The first-order valence-electron chi connectivity index (χ1n) is 6.88. The van der Waals surface area contributed by atoms with Gasteiger partial charge in [0, 0.05) is 33.1 Å². The second-order valence-electron chi connectivity index (χ2n) is 5.22. The quantitative estimate of drug-likeness (QED) is 0.770. The molecule has 0 bridgehead atoms. The number of hydrogen-bond acceptors (Lipinski definition) is 3. The number of nitrogens with one attached hydrogen (secondary N) is 1. The van der Waals surface area contributed by atoms with Crippen LogP contribution in [0, 0.1) is 0 Å². The fourth-order valence-electron chi connectivity index (χ4n) is 2.27.